The van der Waals surface area contributed by atoms with Crippen molar-refractivity contribution in [3.05, 3.63) is 0 Å². The molecule has 0 saturated heterocycles. The molecule has 0 heterocycles. The van der Waals surface area contributed by atoms with Gasteiger partial charge in [-0.15, -0.1) is 0 Å². The molecular formula is C9H19NO. The Morgan fingerprint density at radius 2 is 2.27 bits per heavy atom. The van der Waals surface area contributed by atoms with Gasteiger partial charge in [0.15, 0.2) is 0 Å². The van der Waals surface area contributed by atoms with Crippen molar-refractivity contribution in [2.24, 2.45) is 5.92 Å². The van der Waals surface area contributed by atoms with Crippen LogP contribution < -0.4 is 5.32 Å². The van der Waals surface area contributed by atoms with Gasteiger partial charge < -0.3 is 10.4 Å². The van der Waals surface area contributed by atoms with Crippen molar-refractivity contribution in [3.8, 4) is 0 Å². The molecule has 2 atom stereocenters. The summed E-state index contributed by atoms with van der Waals surface area (Å²) in [6.07, 6.45) is 4.61. The third kappa shape index (κ3) is 1.94. The number of aliphatic hydroxyl groups is 1. The van der Waals surface area contributed by atoms with Gasteiger partial charge in [0.1, 0.15) is 0 Å². The van der Waals surface area contributed by atoms with Crippen LogP contribution in [0.25, 0.3) is 0 Å². The molecule has 66 valence electrons. The van der Waals surface area contributed by atoms with E-state index in [9.17, 15) is 5.11 Å². The molecule has 2 N–H and O–H groups in total. The highest BCUT2D eigenvalue weighted by Crippen LogP contribution is 2.32. The first-order valence-corrected chi connectivity index (χ1v) is 4.56. The van der Waals surface area contributed by atoms with E-state index in [0.29, 0.717) is 5.92 Å². The monoisotopic (exact) mass is 157 g/mol. The van der Waals surface area contributed by atoms with Gasteiger partial charge in [-0.25, -0.2) is 0 Å². The van der Waals surface area contributed by atoms with Crippen LogP contribution in [-0.4, -0.2) is 24.3 Å². The lowest BCUT2D eigenvalue weighted by Crippen LogP contribution is -2.46. The first-order chi connectivity index (χ1) is 5.19. The van der Waals surface area contributed by atoms with Gasteiger partial charge in [-0.1, -0.05) is 19.8 Å². The third-order valence-corrected chi connectivity index (χ3v) is 2.90. The highest BCUT2D eigenvalue weighted by Gasteiger charge is 2.34. The Morgan fingerprint density at radius 1 is 1.55 bits per heavy atom. The van der Waals surface area contributed by atoms with E-state index in [1.807, 2.05) is 7.05 Å². The zero-order chi connectivity index (χ0) is 8.32. The standard InChI is InChI=1S/C9H19NO/c1-8-5-3-4-6-9(8,11)7-10-2/h8,10-11H,3-7H2,1-2H3. The fourth-order valence-electron chi connectivity index (χ4n) is 1.97. The average molecular weight is 157 g/mol. The van der Waals surface area contributed by atoms with Crippen LogP contribution in [0.1, 0.15) is 32.6 Å². The number of likely N-dealkylation sites (N-methyl/N-ethyl adjacent to an activating group) is 1. The SMILES string of the molecule is CNCC1(O)CCCCC1C. The topological polar surface area (TPSA) is 32.3 Å². The highest BCUT2D eigenvalue weighted by atomic mass is 16.3. The summed E-state index contributed by atoms with van der Waals surface area (Å²) in [6, 6.07) is 0. The van der Waals surface area contributed by atoms with E-state index in [2.05, 4.69) is 12.2 Å². The van der Waals surface area contributed by atoms with Crippen LogP contribution in [0.5, 0.6) is 0 Å². The first kappa shape index (κ1) is 9.01. The number of hydrogen-bond donors (Lipinski definition) is 2. The maximum absolute atomic E-state index is 10.1. The van der Waals surface area contributed by atoms with Gasteiger partial charge in [-0.2, -0.15) is 0 Å². The normalized spacial score (nSPS) is 39.0. The number of hydrogen-bond acceptors (Lipinski definition) is 2. The molecule has 0 spiro atoms. The molecule has 1 rings (SSSR count). The molecular weight excluding hydrogens is 138 g/mol. The molecule has 0 aromatic heterocycles. The predicted molar refractivity (Wildman–Crippen MR) is 46.5 cm³/mol. The maximum atomic E-state index is 10.1. The Hall–Kier alpha value is -0.0800. The fourth-order valence-corrected chi connectivity index (χ4v) is 1.97. The van der Waals surface area contributed by atoms with Crippen molar-refractivity contribution < 1.29 is 5.11 Å². The van der Waals surface area contributed by atoms with Crippen LogP contribution in [0.3, 0.4) is 0 Å². The zero-order valence-corrected chi connectivity index (χ0v) is 7.56. The number of rotatable bonds is 2. The summed E-state index contributed by atoms with van der Waals surface area (Å²) in [7, 11) is 1.90. The van der Waals surface area contributed by atoms with Crippen molar-refractivity contribution in [3.63, 3.8) is 0 Å². The largest absolute Gasteiger partial charge is 0.388 e. The van der Waals surface area contributed by atoms with Gasteiger partial charge in [0.2, 0.25) is 0 Å². The Morgan fingerprint density at radius 3 is 2.82 bits per heavy atom. The zero-order valence-electron chi connectivity index (χ0n) is 7.56. The molecule has 1 saturated carbocycles. The van der Waals surface area contributed by atoms with Crippen LogP contribution in [0.2, 0.25) is 0 Å². The summed E-state index contributed by atoms with van der Waals surface area (Å²) < 4.78 is 0. The number of nitrogens with one attached hydrogen (secondary N) is 1. The predicted octanol–water partition coefficient (Wildman–Crippen LogP) is 1.15. The fraction of sp³-hybridized carbons (Fsp3) is 1.00. The maximum Gasteiger partial charge on any atom is 0.0796 e. The molecule has 2 nitrogen and oxygen atoms in total. The highest BCUT2D eigenvalue weighted by molar-refractivity contribution is 4.88. The van der Waals surface area contributed by atoms with Gasteiger partial charge >= 0.3 is 0 Å². The Kier molecular flexibility index (Phi) is 2.90. The Balaban J connectivity index is 2.49. The molecule has 0 amide bonds. The smallest absolute Gasteiger partial charge is 0.0796 e. The van der Waals surface area contributed by atoms with E-state index in [-0.39, 0.29) is 0 Å². The lowest BCUT2D eigenvalue weighted by atomic mass is 9.76. The Labute approximate surface area is 69.0 Å². The van der Waals surface area contributed by atoms with Crippen molar-refractivity contribution in [2.75, 3.05) is 13.6 Å². The van der Waals surface area contributed by atoms with Crippen LogP contribution in [-0.2, 0) is 0 Å². The second kappa shape index (κ2) is 3.55. The molecule has 0 aliphatic heterocycles. The summed E-state index contributed by atoms with van der Waals surface area (Å²) in [5.74, 6) is 0.462. The molecule has 0 radical (unpaired) electrons. The van der Waals surface area contributed by atoms with Crippen LogP contribution >= 0.6 is 0 Å². The summed E-state index contributed by atoms with van der Waals surface area (Å²) >= 11 is 0. The van der Waals surface area contributed by atoms with E-state index in [4.69, 9.17) is 0 Å². The summed E-state index contributed by atoms with van der Waals surface area (Å²) in [6.45, 7) is 2.89. The van der Waals surface area contributed by atoms with Gasteiger partial charge in [0.25, 0.3) is 0 Å². The first-order valence-electron chi connectivity index (χ1n) is 4.56. The molecule has 11 heavy (non-hydrogen) atoms. The lowest BCUT2D eigenvalue weighted by molar-refractivity contribution is -0.0380. The van der Waals surface area contributed by atoms with Crippen molar-refractivity contribution >= 4 is 0 Å². The van der Waals surface area contributed by atoms with Gasteiger partial charge in [-0.3, -0.25) is 0 Å². The van der Waals surface area contributed by atoms with E-state index in [0.717, 1.165) is 13.0 Å². The summed E-state index contributed by atoms with van der Waals surface area (Å²) in [4.78, 5) is 0. The Bertz CT molecular complexity index is 123. The second-order valence-corrected chi connectivity index (χ2v) is 3.78. The van der Waals surface area contributed by atoms with Crippen molar-refractivity contribution in [1.29, 1.82) is 0 Å². The molecule has 1 aliphatic carbocycles. The average Bonchev–Trinajstić information content (AvgIpc) is 1.96. The molecule has 0 bridgehead atoms. The molecule has 0 aromatic rings. The molecule has 1 fully saturated rings. The molecule has 2 unspecified atom stereocenters. The quantitative estimate of drug-likeness (QED) is 0.630. The summed E-state index contributed by atoms with van der Waals surface area (Å²) in [5, 5.41) is 13.1. The summed E-state index contributed by atoms with van der Waals surface area (Å²) in [5.41, 5.74) is -0.424. The minimum Gasteiger partial charge on any atom is -0.388 e. The van der Waals surface area contributed by atoms with E-state index in [1.54, 1.807) is 0 Å². The van der Waals surface area contributed by atoms with Crippen LogP contribution in [0.15, 0.2) is 0 Å². The lowest BCUT2D eigenvalue weighted by Gasteiger charge is -2.38. The van der Waals surface area contributed by atoms with Crippen molar-refractivity contribution in [1.82, 2.24) is 5.32 Å². The van der Waals surface area contributed by atoms with E-state index < -0.39 is 5.60 Å². The minimum absolute atomic E-state index is 0.424. The van der Waals surface area contributed by atoms with Crippen LogP contribution in [0, 0.1) is 5.92 Å². The minimum atomic E-state index is -0.424. The second-order valence-electron chi connectivity index (χ2n) is 3.78. The van der Waals surface area contributed by atoms with Crippen molar-refractivity contribution in [2.45, 2.75) is 38.2 Å². The van der Waals surface area contributed by atoms with E-state index in [1.165, 1.54) is 19.3 Å². The van der Waals surface area contributed by atoms with Crippen LogP contribution in [0.4, 0.5) is 0 Å². The molecule has 1 aliphatic rings. The van der Waals surface area contributed by atoms with Gasteiger partial charge in [-0.05, 0) is 25.8 Å². The molecule has 0 aromatic carbocycles. The van der Waals surface area contributed by atoms with Gasteiger partial charge in [0.05, 0.1) is 5.60 Å². The third-order valence-electron chi connectivity index (χ3n) is 2.90. The van der Waals surface area contributed by atoms with E-state index >= 15 is 0 Å². The molecule has 2 heteroatoms. The van der Waals surface area contributed by atoms with Gasteiger partial charge in [0, 0.05) is 6.54 Å².